The smallest absolute Gasteiger partial charge is 0.188 e. The Kier molecular flexibility index (Phi) is 2.31. The van der Waals surface area contributed by atoms with Crippen LogP contribution in [0.2, 0.25) is 0 Å². The highest BCUT2D eigenvalue weighted by Crippen LogP contribution is 2.57. The predicted octanol–water partition coefficient (Wildman–Crippen LogP) is 1.47. The third-order valence-electron chi connectivity index (χ3n) is 5.19. The minimum Gasteiger partial charge on any atom is -0.370 e. The minimum atomic E-state index is 0. The van der Waals surface area contributed by atoms with E-state index in [0.29, 0.717) is 11.8 Å². The molecule has 0 spiro atoms. The lowest BCUT2D eigenvalue weighted by molar-refractivity contribution is 0.0672. The molecule has 3 N–H and O–H groups in total. The standard InChI is InChI=1S/C13H17N3.ClH/c14-13(15)16-5-11-9-3-4-10(12(11)6-16)8-2-1-7(8)9;/h1-4,7-12H,5-6H2,(H3,14,15);1H. The molecule has 1 saturated carbocycles. The lowest BCUT2D eigenvalue weighted by atomic mass is 9.50. The van der Waals surface area contributed by atoms with E-state index in [1.807, 2.05) is 0 Å². The van der Waals surface area contributed by atoms with Crippen molar-refractivity contribution in [2.24, 2.45) is 41.2 Å². The molecule has 17 heavy (non-hydrogen) atoms. The van der Waals surface area contributed by atoms with Gasteiger partial charge in [0.05, 0.1) is 0 Å². The molecule has 92 valence electrons. The van der Waals surface area contributed by atoms with Gasteiger partial charge in [0.25, 0.3) is 0 Å². The molecule has 3 nitrogen and oxygen atoms in total. The molecule has 0 amide bonds. The van der Waals surface area contributed by atoms with Gasteiger partial charge >= 0.3 is 0 Å². The van der Waals surface area contributed by atoms with Crippen LogP contribution in [0.25, 0.3) is 0 Å². The molecule has 0 radical (unpaired) electrons. The maximum absolute atomic E-state index is 7.58. The minimum absolute atomic E-state index is 0. The number of likely N-dealkylation sites (tertiary alicyclic amines) is 1. The fourth-order valence-corrected chi connectivity index (χ4v) is 4.37. The first-order chi connectivity index (χ1) is 7.75. The average molecular weight is 252 g/mol. The zero-order valence-corrected chi connectivity index (χ0v) is 10.4. The van der Waals surface area contributed by atoms with Crippen molar-refractivity contribution in [2.75, 3.05) is 13.1 Å². The van der Waals surface area contributed by atoms with Gasteiger partial charge in [-0.3, -0.25) is 5.41 Å². The molecule has 1 saturated heterocycles. The van der Waals surface area contributed by atoms with E-state index < -0.39 is 0 Å². The highest BCUT2D eigenvalue weighted by Gasteiger charge is 2.55. The summed E-state index contributed by atoms with van der Waals surface area (Å²) in [5, 5.41) is 7.58. The summed E-state index contributed by atoms with van der Waals surface area (Å²) in [6.45, 7) is 2.01. The van der Waals surface area contributed by atoms with Gasteiger partial charge in [-0.1, -0.05) is 24.3 Å². The fraction of sp³-hybridized carbons (Fsp3) is 0.615. The molecule has 5 rings (SSSR count). The Bertz CT molecular complexity index is 387. The van der Waals surface area contributed by atoms with Crippen molar-refractivity contribution in [2.45, 2.75) is 0 Å². The van der Waals surface area contributed by atoms with E-state index in [1.54, 1.807) is 0 Å². The van der Waals surface area contributed by atoms with E-state index in [2.05, 4.69) is 29.2 Å². The van der Waals surface area contributed by atoms with Crippen LogP contribution in [-0.2, 0) is 0 Å². The Hall–Kier alpha value is -0.960. The predicted molar refractivity (Wildman–Crippen MR) is 70.0 cm³/mol. The first kappa shape index (κ1) is 11.1. The van der Waals surface area contributed by atoms with Crippen molar-refractivity contribution in [3.05, 3.63) is 24.3 Å². The third kappa shape index (κ3) is 1.26. The second-order valence-electron chi connectivity index (χ2n) is 5.70. The van der Waals surface area contributed by atoms with Gasteiger partial charge in [-0.15, -0.1) is 12.4 Å². The van der Waals surface area contributed by atoms with Crippen molar-refractivity contribution in [3.63, 3.8) is 0 Å². The Morgan fingerprint density at radius 3 is 1.71 bits per heavy atom. The van der Waals surface area contributed by atoms with Gasteiger partial charge in [-0.25, -0.2) is 0 Å². The maximum atomic E-state index is 7.58. The third-order valence-corrected chi connectivity index (χ3v) is 5.19. The Morgan fingerprint density at radius 1 is 0.941 bits per heavy atom. The Balaban J connectivity index is 0.000000902. The highest BCUT2D eigenvalue weighted by molar-refractivity contribution is 5.85. The second kappa shape index (κ2) is 3.52. The molecular formula is C13H18ClN3. The zero-order valence-electron chi connectivity index (χ0n) is 9.62. The summed E-state index contributed by atoms with van der Waals surface area (Å²) >= 11 is 0. The number of hydrogen-bond donors (Lipinski definition) is 2. The van der Waals surface area contributed by atoms with Crippen LogP contribution in [0.5, 0.6) is 0 Å². The molecule has 6 unspecified atom stereocenters. The van der Waals surface area contributed by atoms with Crippen LogP contribution < -0.4 is 5.73 Å². The van der Waals surface area contributed by atoms with Gasteiger partial charge < -0.3 is 10.6 Å². The van der Waals surface area contributed by atoms with E-state index >= 15 is 0 Å². The lowest BCUT2D eigenvalue weighted by Crippen LogP contribution is -2.49. The Labute approximate surface area is 108 Å². The summed E-state index contributed by atoms with van der Waals surface area (Å²) in [5.74, 6) is 4.76. The monoisotopic (exact) mass is 251 g/mol. The van der Waals surface area contributed by atoms with Gasteiger partial charge in [0.15, 0.2) is 5.96 Å². The van der Waals surface area contributed by atoms with E-state index in [1.165, 1.54) is 0 Å². The summed E-state index contributed by atoms with van der Waals surface area (Å²) in [5.41, 5.74) is 5.62. The molecule has 4 aliphatic carbocycles. The van der Waals surface area contributed by atoms with Crippen molar-refractivity contribution in [3.8, 4) is 0 Å². The molecular weight excluding hydrogens is 234 g/mol. The van der Waals surface area contributed by atoms with E-state index in [-0.39, 0.29) is 18.4 Å². The van der Waals surface area contributed by atoms with Crippen LogP contribution in [0, 0.1) is 40.9 Å². The van der Waals surface area contributed by atoms with Gasteiger partial charge in [-0.2, -0.15) is 0 Å². The van der Waals surface area contributed by atoms with Crippen molar-refractivity contribution in [1.29, 1.82) is 5.41 Å². The summed E-state index contributed by atoms with van der Waals surface area (Å²) in [7, 11) is 0. The van der Waals surface area contributed by atoms with Gasteiger partial charge in [-0.05, 0) is 35.5 Å². The summed E-state index contributed by atoms with van der Waals surface area (Å²) in [4.78, 5) is 2.06. The number of nitrogens with two attached hydrogens (primary N) is 1. The van der Waals surface area contributed by atoms with Gasteiger partial charge in [0, 0.05) is 13.1 Å². The van der Waals surface area contributed by atoms with E-state index in [0.717, 1.165) is 36.8 Å². The van der Waals surface area contributed by atoms with Gasteiger partial charge in [0.2, 0.25) is 0 Å². The molecule has 4 heteroatoms. The van der Waals surface area contributed by atoms with Crippen LogP contribution in [-0.4, -0.2) is 23.9 Å². The quantitative estimate of drug-likeness (QED) is 0.389. The van der Waals surface area contributed by atoms with Crippen LogP contribution in [0.15, 0.2) is 24.3 Å². The van der Waals surface area contributed by atoms with Crippen molar-refractivity contribution >= 4 is 18.4 Å². The normalized spacial score (nSPS) is 48.1. The number of nitrogens with zero attached hydrogens (tertiary/aromatic N) is 1. The van der Waals surface area contributed by atoms with Crippen LogP contribution in [0.1, 0.15) is 0 Å². The topological polar surface area (TPSA) is 53.1 Å². The highest BCUT2D eigenvalue weighted by atomic mass is 35.5. The fourth-order valence-electron chi connectivity index (χ4n) is 4.37. The molecule has 2 bridgehead atoms. The Morgan fingerprint density at radius 2 is 1.35 bits per heavy atom. The first-order valence-corrected chi connectivity index (χ1v) is 6.21. The molecule has 0 aromatic heterocycles. The summed E-state index contributed by atoms with van der Waals surface area (Å²) < 4.78 is 0. The number of allylic oxidation sites excluding steroid dienone is 4. The van der Waals surface area contributed by atoms with Crippen molar-refractivity contribution < 1.29 is 0 Å². The summed E-state index contributed by atoms with van der Waals surface area (Å²) in [6, 6.07) is 0. The van der Waals surface area contributed by atoms with E-state index in [9.17, 15) is 0 Å². The zero-order chi connectivity index (χ0) is 10.9. The molecule has 0 aromatic carbocycles. The van der Waals surface area contributed by atoms with Crippen molar-refractivity contribution in [1.82, 2.24) is 4.90 Å². The van der Waals surface area contributed by atoms with Crippen LogP contribution in [0.3, 0.4) is 0 Å². The molecule has 1 heterocycles. The maximum Gasteiger partial charge on any atom is 0.188 e. The molecule has 2 fully saturated rings. The number of rotatable bonds is 0. The van der Waals surface area contributed by atoms with Crippen LogP contribution >= 0.6 is 12.4 Å². The molecule has 1 aliphatic heterocycles. The number of nitrogens with one attached hydrogen (secondary N) is 1. The van der Waals surface area contributed by atoms with Gasteiger partial charge in [0.1, 0.15) is 0 Å². The average Bonchev–Trinajstić information content (AvgIpc) is 2.63. The molecule has 0 aromatic rings. The lowest BCUT2D eigenvalue weighted by Gasteiger charge is -2.53. The second-order valence-corrected chi connectivity index (χ2v) is 5.70. The van der Waals surface area contributed by atoms with E-state index in [4.69, 9.17) is 11.1 Å². The SMILES string of the molecule is Cl.N=C(N)N1CC2C3C=CC(C4C=CC43)C2C1. The number of halogens is 1. The first-order valence-electron chi connectivity index (χ1n) is 6.21. The summed E-state index contributed by atoms with van der Waals surface area (Å²) in [6.07, 6.45) is 9.64. The largest absolute Gasteiger partial charge is 0.370 e. The number of guanidine groups is 1. The number of hydrogen-bond acceptors (Lipinski definition) is 1. The molecule has 5 aliphatic rings. The van der Waals surface area contributed by atoms with Crippen LogP contribution in [0.4, 0.5) is 0 Å². The molecule has 6 atom stereocenters.